The number of benzene rings is 2. The van der Waals surface area contributed by atoms with Gasteiger partial charge in [0.25, 0.3) is 5.91 Å². The van der Waals surface area contributed by atoms with Gasteiger partial charge in [-0.05, 0) is 55.4 Å². The molecule has 29 heavy (non-hydrogen) atoms. The quantitative estimate of drug-likeness (QED) is 0.585. The molecule has 5 heteroatoms. The number of nitrogens with one attached hydrogen (secondary N) is 2. The number of amides is 1. The minimum Gasteiger partial charge on any atom is -0.357 e. The Morgan fingerprint density at radius 2 is 1.79 bits per heavy atom. The van der Waals surface area contributed by atoms with E-state index in [0.717, 1.165) is 43.5 Å². The van der Waals surface area contributed by atoms with Crippen molar-refractivity contribution in [2.24, 2.45) is 10.9 Å². The Balaban J connectivity index is 1.59. The monoisotopic (exact) mass is 392 g/mol. The standard InChI is InChI=1S/C24H32N4O/c1-3-26-24(27-18-21-10-7-11-22(17-21)23(29)25-2)28-14-12-20(13-15-28)16-19-8-5-4-6-9-19/h4-11,17,20H,3,12-16,18H2,1-2H3,(H,25,29)(H,26,27). The second kappa shape index (κ2) is 10.6. The third-order valence-electron chi connectivity index (χ3n) is 5.44. The van der Waals surface area contributed by atoms with Crippen LogP contribution in [0.5, 0.6) is 0 Å². The van der Waals surface area contributed by atoms with Crippen molar-refractivity contribution in [1.82, 2.24) is 15.5 Å². The Hall–Kier alpha value is -2.82. The van der Waals surface area contributed by atoms with E-state index in [1.165, 1.54) is 18.4 Å². The molecule has 3 rings (SSSR count). The van der Waals surface area contributed by atoms with Crippen LogP contribution in [0.25, 0.3) is 0 Å². The maximum absolute atomic E-state index is 11.8. The van der Waals surface area contributed by atoms with Gasteiger partial charge in [0, 0.05) is 32.2 Å². The van der Waals surface area contributed by atoms with Crippen molar-refractivity contribution in [3.05, 3.63) is 71.3 Å². The maximum atomic E-state index is 11.8. The predicted octanol–water partition coefficient (Wildman–Crippen LogP) is 3.47. The van der Waals surface area contributed by atoms with Gasteiger partial charge in [0.1, 0.15) is 0 Å². The van der Waals surface area contributed by atoms with E-state index in [2.05, 4.69) is 52.8 Å². The maximum Gasteiger partial charge on any atom is 0.251 e. The van der Waals surface area contributed by atoms with Gasteiger partial charge in [0.15, 0.2) is 5.96 Å². The van der Waals surface area contributed by atoms with Crippen molar-refractivity contribution < 1.29 is 4.79 Å². The topological polar surface area (TPSA) is 56.7 Å². The summed E-state index contributed by atoms with van der Waals surface area (Å²) < 4.78 is 0. The summed E-state index contributed by atoms with van der Waals surface area (Å²) in [7, 11) is 1.65. The van der Waals surface area contributed by atoms with E-state index in [1.807, 2.05) is 24.3 Å². The third kappa shape index (κ3) is 6.08. The van der Waals surface area contributed by atoms with Gasteiger partial charge in [-0.3, -0.25) is 4.79 Å². The molecule has 0 unspecified atom stereocenters. The van der Waals surface area contributed by atoms with Crippen LogP contribution in [0.15, 0.2) is 59.6 Å². The van der Waals surface area contributed by atoms with Crippen LogP contribution in [0.4, 0.5) is 0 Å². The molecule has 1 aliphatic heterocycles. The van der Waals surface area contributed by atoms with Crippen molar-refractivity contribution in [1.29, 1.82) is 0 Å². The average molecular weight is 393 g/mol. The molecule has 1 fully saturated rings. The molecule has 1 amide bonds. The second-order valence-corrected chi connectivity index (χ2v) is 7.57. The highest BCUT2D eigenvalue weighted by molar-refractivity contribution is 5.94. The molecule has 0 atom stereocenters. The first kappa shape index (κ1) is 20.9. The molecule has 2 aromatic rings. The Morgan fingerprint density at radius 3 is 2.48 bits per heavy atom. The fourth-order valence-corrected chi connectivity index (χ4v) is 3.84. The minimum atomic E-state index is -0.0665. The molecule has 5 nitrogen and oxygen atoms in total. The van der Waals surface area contributed by atoms with Crippen LogP contribution < -0.4 is 10.6 Å². The van der Waals surface area contributed by atoms with Gasteiger partial charge in [0.2, 0.25) is 0 Å². The Morgan fingerprint density at radius 1 is 1.07 bits per heavy atom. The number of aliphatic imine (C=N–C) groups is 1. The van der Waals surface area contributed by atoms with Gasteiger partial charge in [-0.1, -0.05) is 42.5 Å². The lowest BCUT2D eigenvalue weighted by Gasteiger charge is -2.34. The summed E-state index contributed by atoms with van der Waals surface area (Å²) in [6.07, 6.45) is 3.53. The molecule has 154 valence electrons. The van der Waals surface area contributed by atoms with Crippen molar-refractivity contribution in [3.8, 4) is 0 Å². The van der Waals surface area contributed by atoms with Crippen molar-refractivity contribution in [2.75, 3.05) is 26.7 Å². The van der Waals surface area contributed by atoms with E-state index in [1.54, 1.807) is 7.05 Å². The molecule has 0 aliphatic carbocycles. The number of likely N-dealkylation sites (tertiary alicyclic amines) is 1. The van der Waals surface area contributed by atoms with Crippen molar-refractivity contribution in [2.45, 2.75) is 32.7 Å². The SMILES string of the molecule is CCNC(=NCc1cccc(C(=O)NC)c1)N1CCC(Cc2ccccc2)CC1. The first-order chi connectivity index (χ1) is 14.2. The second-order valence-electron chi connectivity index (χ2n) is 7.57. The van der Waals surface area contributed by atoms with E-state index in [9.17, 15) is 4.79 Å². The highest BCUT2D eigenvalue weighted by atomic mass is 16.1. The fraction of sp³-hybridized carbons (Fsp3) is 0.417. The number of hydrogen-bond acceptors (Lipinski definition) is 2. The van der Waals surface area contributed by atoms with Gasteiger partial charge in [-0.15, -0.1) is 0 Å². The predicted molar refractivity (Wildman–Crippen MR) is 119 cm³/mol. The molecule has 0 bridgehead atoms. The number of guanidine groups is 1. The molecule has 0 radical (unpaired) electrons. The first-order valence-corrected chi connectivity index (χ1v) is 10.6. The molecular weight excluding hydrogens is 360 g/mol. The third-order valence-corrected chi connectivity index (χ3v) is 5.44. The summed E-state index contributed by atoms with van der Waals surface area (Å²) in [6, 6.07) is 18.5. The van der Waals surface area contributed by atoms with Crippen LogP contribution >= 0.6 is 0 Å². The molecule has 0 spiro atoms. The fourth-order valence-electron chi connectivity index (χ4n) is 3.84. The number of piperidine rings is 1. The van der Waals surface area contributed by atoms with Gasteiger partial charge in [0.05, 0.1) is 6.54 Å². The van der Waals surface area contributed by atoms with Crippen LogP contribution in [-0.4, -0.2) is 43.4 Å². The van der Waals surface area contributed by atoms with Gasteiger partial charge < -0.3 is 15.5 Å². The summed E-state index contributed by atoms with van der Waals surface area (Å²) in [6.45, 7) is 5.57. The van der Waals surface area contributed by atoms with Crippen molar-refractivity contribution >= 4 is 11.9 Å². The lowest BCUT2D eigenvalue weighted by Crippen LogP contribution is -2.45. The molecule has 1 heterocycles. The molecular formula is C24H32N4O. The van der Waals surface area contributed by atoms with E-state index < -0.39 is 0 Å². The van der Waals surface area contributed by atoms with E-state index in [0.29, 0.717) is 12.1 Å². The van der Waals surface area contributed by atoms with Gasteiger partial charge >= 0.3 is 0 Å². The molecule has 2 N–H and O–H groups in total. The molecule has 2 aromatic carbocycles. The number of carbonyl (C=O) groups excluding carboxylic acids is 1. The van der Waals surface area contributed by atoms with E-state index in [4.69, 9.17) is 4.99 Å². The zero-order chi connectivity index (χ0) is 20.5. The highest BCUT2D eigenvalue weighted by Crippen LogP contribution is 2.22. The van der Waals surface area contributed by atoms with Crippen LogP contribution in [0.1, 0.15) is 41.3 Å². The Kier molecular flexibility index (Phi) is 7.68. The number of rotatable bonds is 6. The van der Waals surface area contributed by atoms with Crippen molar-refractivity contribution in [3.63, 3.8) is 0 Å². The average Bonchev–Trinajstić information content (AvgIpc) is 2.77. The smallest absolute Gasteiger partial charge is 0.251 e. The minimum absolute atomic E-state index is 0.0665. The lowest BCUT2D eigenvalue weighted by molar-refractivity contribution is 0.0963. The molecule has 1 aliphatic rings. The van der Waals surface area contributed by atoms with Crippen LogP contribution in [0.3, 0.4) is 0 Å². The lowest BCUT2D eigenvalue weighted by atomic mass is 9.90. The summed E-state index contributed by atoms with van der Waals surface area (Å²) in [5.74, 6) is 1.64. The number of carbonyl (C=O) groups is 1. The van der Waals surface area contributed by atoms with Gasteiger partial charge in [-0.2, -0.15) is 0 Å². The number of hydrogen-bond donors (Lipinski definition) is 2. The zero-order valence-electron chi connectivity index (χ0n) is 17.5. The zero-order valence-corrected chi connectivity index (χ0v) is 17.5. The van der Waals surface area contributed by atoms with E-state index in [-0.39, 0.29) is 5.91 Å². The van der Waals surface area contributed by atoms with Crippen LogP contribution in [0.2, 0.25) is 0 Å². The first-order valence-electron chi connectivity index (χ1n) is 10.6. The van der Waals surface area contributed by atoms with E-state index >= 15 is 0 Å². The normalized spacial score (nSPS) is 15.2. The summed E-state index contributed by atoms with van der Waals surface area (Å²) in [5, 5.41) is 6.10. The van der Waals surface area contributed by atoms with Crippen LogP contribution in [0, 0.1) is 5.92 Å². The summed E-state index contributed by atoms with van der Waals surface area (Å²) in [5.41, 5.74) is 3.15. The Bertz CT molecular complexity index is 811. The molecule has 1 saturated heterocycles. The number of nitrogens with zero attached hydrogens (tertiary/aromatic N) is 2. The summed E-state index contributed by atoms with van der Waals surface area (Å²) >= 11 is 0. The largest absolute Gasteiger partial charge is 0.357 e. The Labute approximate surface area is 174 Å². The highest BCUT2D eigenvalue weighted by Gasteiger charge is 2.21. The van der Waals surface area contributed by atoms with Crippen LogP contribution in [-0.2, 0) is 13.0 Å². The van der Waals surface area contributed by atoms with Gasteiger partial charge in [-0.25, -0.2) is 4.99 Å². The molecule has 0 aromatic heterocycles. The summed E-state index contributed by atoms with van der Waals surface area (Å²) in [4.78, 5) is 19.1. The molecule has 0 saturated carbocycles.